The SMILES string of the molecule is O=C1OC(c2ccc(Cl)cc2)=C/C1=C/c1cn(Cc2ccc(F)cc2)c2ccccc12. The van der Waals surface area contributed by atoms with Crippen LogP contribution in [-0.2, 0) is 16.1 Å². The molecular weight excluding hydrogens is 413 g/mol. The summed E-state index contributed by atoms with van der Waals surface area (Å²) in [5.41, 5.74) is 4.21. The number of benzene rings is 3. The highest BCUT2D eigenvalue weighted by Crippen LogP contribution is 2.30. The standard InChI is InChI=1S/C26H17ClFNO2/c27-21-9-7-18(8-10-21)25-14-19(26(30)31-25)13-20-16-29(24-4-2-1-3-23(20)24)15-17-5-11-22(28)12-6-17/h1-14,16H,15H2/b19-13-. The van der Waals surface area contributed by atoms with Gasteiger partial charge in [-0.05, 0) is 60.2 Å². The molecule has 152 valence electrons. The molecule has 0 spiro atoms. The van der Waals surface area contributed by atoms with E-state index in [1.807, 2.05) is 48.7 Å². The molecule has 0 amide bonds. The van der Waals surface area contributed by atoms with Gasteiger partial charge in [-0.1, -0.05) is 41.9 Å². The van der Waals surface area contributed by atoms with Crippen molar-refractivity contribution in [3.8, 4) is 0 Å². The molecule has 0 bridgehead atoms. The zero-order chi connectivity index (χ0) is 21.4. The van der Waals surface area contributed by atoms with Crippen LogP contribution in [0.2, 0.25) is 5.02 Å². The van der Waals surface area contributed by atoms with Gasteiger partial charge in [0.25, 0.3) is 0 Å². The minimum absolute atomic E-state index is 0.255. The Morgan fingerprint density at radius 1 is 0.968 bits per heavy atom. The Balaban J connectivity index is 1.52. The lowest BCUT2D eigenvalue weighted by molar-refractivity contribution is -0.130. The molecule has 0 radical (unpaired) electrons. The van der Waals surface area contributed by atoms with Crippen LogP contribution in [0.5, 0.6) is 0 Å². The molecule has 1 aliphatic heterocycles. The highest BCUT2D eigenvalue weighted by atomic mass is 35.5. The maximum Gasteiger partial charge on any atom is 0.343 e. The predicted molar refractivity (Wildman–Crippen MR) is 121 cm³/mol. The van der Waals surface area contributed by atoms with Crippen molar-refractivity contribution < 1.29 is 13.9 Å². The Hall–Kier alpha value is -3.63. The molecule has 5 heteroatoms. The van der Waals surface area contributed by atoms with E-state index in [0.29, 0.717) is 22.9 Å². The number of carbonyl (C=O) groups is 1. The normalized spacial score (nSPS) is 14.8. The molecular formula is C26H17ClFNO2. The van der Waals surface area contributed by atoms with Crippen molar-refractivity contribution in [2.45, 2.75) is 6.54 Å². The molecule has 0 aliphatic carbocycles. The van der Waals surface area contributed by atoms with E-state index in [4.69, 9.17) is 16.3 Å². The van der Waals surface area contributed by atoms with Crippen LogP contribution in [0.3, 0.4) is 0 Å². The summed E-state index contributed by atoms with van der Waals surface area (Å²) in [4.78, 5) is 12.5. The van der Waals surface area contributed by atoms with Crippen molar-refractivity contribution in [3.63, 3.8) is 0 Å². The molecule has 0 unspecified atom stereocenters. The van der Waals surface area contributed by atoms with Gasteiger partial charge < -0.3 is 9.30 Å². The molecule has 0 fully saturated rings. The van der Waals surface area contributed by atoms with E-state index in [1.54, 1.807) is 30.3 Å². The first-order chi connectivity index (χ1) is 15.1. The van der Waals surface area contributed by atoms with E-state index in [0.717, 1.165) is 27.6 Å². The number of hydrogen-bond acceptors (Lipinski definition) is 2. The minimum Gasteiger partial charge on any atom is -0.422 e. The number of cyclic esters (lactones) is 1. The largest absolute Gasteiger partial charge is 0.422 e. The van der Waals surface area contributed by atoms with Crippen molar-refractivity contribution in [1.82, 2.24) is 4.57 Å². The van der Waals surface area contributed by atoms with Crippen molar-refractivity contribution in [3.05, 3.63) is 118 Å². The first kappa shape index (κ1) is 19.3. The van der Waals surface area contributed by atoms with E-state index in [1.165, 1.54) is 12.1 Å². The monoisotopic (exact) mass is 429 g/mol. The highest BCUT2D eigenvalue weighted by molar-refractivity contribution is 6.30. The maximum absolute atomic E-state index is 13.3. The van der Waals surface area contributed by atoms with Crippen LogP contribution in [0.4, 0.5) is 4.39 Å². The van der Waals surface area contributed by atoms with Crippen LogP contribution in [0.1, 0.15) is 16.7 Å². The minimum atomic E-state index is -0.389. The van der Waals surface area contributed by atoms with Gasteiger partial charge in [0.2, 0.25) is 0 Å². The van der Waals surface area contributed by atoms with Gasteiger partial charge in [-0.25, -0.2) is 9.18 Å². The molecule has 1 aliphatic rings. The van der Waals surface area contributed by atoms with Gasteiger partial charge in [-0.3, -0.25) is 0 Å². The van der Waals surface area contributed by atoms with Gasteiger partial charge in [0, 0.05) is 39.8 Å². The number of carbonyl (C=O) groups excluding carboxylic acids is 1. The Morgan fingerprint density at radius 2 is 1.71 bits per heavy atom. The third-order valence-corrected chi connectivity index (χ3v) is 5.50. The van der Waals surface area contributed by atoms with Gasteiger partial charge >= 0.3 is 5.97 Å². The van der Waals surface area contributed by atoms with Crippen LogP contribution < -0.4 is 0 Å². The fourth-order valence-corrected chi connectivity index (χ4v) is 3.85. The average molecular weight is 430 g/mol. The lowest BCUT2D eigenvalue weighted by Gasteiger charge is -2.05. The Labute approximate surface area is 183 Å². The Morgan fingerprint density at radius 3 is 2.48 bits per heavy atom. The Kier molecular flexibility index (Phi) is 4.92. The highest BCUT2D eigenvalue weighted by Gasteiger charge is 2.22. The number of esters is 1. The van der Waals surface area contributed by atoms with Gasteiger partial charge in [0.05, 0.1) is 5.57 Å². The van der Waals surface area contributed by atoms with Crippen molar-refractivity contribution in [2.24, 2.45) is 0 Å². The van der Waals surface area contributed by atoms with Crippen molar-refractivity contribution >= 4 is 40.3 Å². The number of rotatable bonds is 4. The van der Waals surface area contributed by atoms with Crippen LogP contribution >= 0.6 is 11.6 Å². The molecule has 2 heterocycles. The summed E-state index contributed by atoms with van der Waals surface area (Å²) >= 11 is 5.95. The summed E-state index contributed by atoms with van der Waals surface area (Å²) in [5.74, 6) is -0.141. The predicted octanol–water partition coefficient (Wildman–Crippen LogP) is 6.46. The van der Waals surface area contributed by atoms with E-state index in [-0.39, 0.29) is 11.8 Å². The first-order valence-electron chi connectivity index (χ1n) is 9.81. The van der Waals surface area contributed by atoms with E-state index in [9.17, 15) is 9.18 Å². The number of ether oxygens (including phenoxy) is 1. The first-order valence-corrected chi connectivity index (χ1v) is 10.2. The molecule has 1 aromatic heterocycles. The molecule has 4 aromatic rings. The Bertz CT molecular complexity index is 1350. The summed E-state index contributed by atoms with van der Waals surface area (Å²) in [7, 11) is 0. The van der Waals surface area contributed by atoms with Gasteiger partial charge in [0.15, 0.2) is 0 Å². The third kappa shape index (κ3) is 3.90. The maximum atomic E-state index is 13.3. The summed E-state index contributed by atoms with van der Waals surface area (Å²) in [6.07, 6.45) is 5.59. The second-order valence-electron chi connectivity index (χ2n) is 7.36. The van der Waals surface area contributed by atoms with E-state index in [2.05, 4.69) is 4.57 Å². The summed E-state index contributed by atoms with van der Waals surface area (Å²) in [5, 5.41) is 1.65. The number of halogens is 2. The number of aromatic nitrogens is 1. The lowest BCUT2D eigenvalue weighted by Crippen LogP contribution is -1.98. The molecule has 0 saturated heterocycles. The second kappa shape index (κ2) is 7.89. The van der Waals surface area contributed by atoms with Gasteiger partial charge in [-0.2, -0.15) is 0 Å². The van der Waals surface area contributed by atoms with E-state index >= 15 is 0 Å². The molecule has 0 saturated carbocycles. The zero-order valence-corrected chi connectivity index (χ0v) is 17.1. The molecule has 0 N–H and O–H groups in total. The number of nitrogens with zero attached hydrogens (tertiary/aromatic N) is 1. The summed E-state index contributed by atoms with van der Waals surface area (Å²) < 4.78 is 20.8. The van der Waals surface area contributed by atoms with Crippen LogP contribution in [-0.4, -0.2) is 10.5 Å². The molecule has 5 rings (SSSR count). The number of para-hydroxylation sites is 1. The van der Waals surface area contributed by atoms with Gasteiger partial charge in [0.1, 0.15) is 11.6 Å². The zero-order valence-electron chi connectivity index (χ0n) is 16.4. The average Bonchev–Trinajstić information content (AvgIpc) is 3.31. The van der Waals surface area contributed by atoms with Crippen LogP contribution in [0, 0.1) is 5.82 Å². The lowest BCUT2D eigenvalue weighted by atomic mass is 10.1. The van der Waals surface area contributed by atoms with Crippen LogP contribution in [0.15, 0.2) is 90.6 Å². The number of fused-ring (bicyclic) bond motifs is 1. The molecule has 31 heavy (non-hydrogen) atoms. The number of hydrogen-bond donors (Lipinski definition) is 0. The smallest absolute Gasteiger partial charge is 0.343 e. The van der Waals surface area contributed by atoms with Crippen LogP contribution in [0.25, 0.3) is 22.7 Å². The fraction of sp³-hybridized carbons (Fsp3) is 0.0385. The summed E-state index contributed by atoms with van der Waals surface area (Å²) in [6.45, 7) is 0.597. The molecule has 3 nitrogen and oxygen atoms in total. The second-order valence-corrected chi connectivity index (χ2v) is 7.80. The molecule has 0 atom stereocenters. The van der Waals surface area contributed by atoms with Crippen molar-refractivity contribution in [2.75, 3.05) is 0 Å². The van der Waals surface area contributed by atoms with Gasteiger partial charge in [-0.15, -0.1) is 0 Å². The fourth-order valence-electron chi connectivity index (χ4n) is 3.72. The topological polar surface area (TPSA) is 31.2 Å². The van der Waals surface area contributed by atoms with E-state index < -0.39 is 0 Å². The van der Waals surface area contributed by atoms with Crippen molar-refractivity contribution in [1.29, 1.82) is 0 Å². The third-order valence-electron chi connectivity index (χ3n) is 5.25. The quantitative estimate of drug-likeness (QED) is 0.275. The molecule has 3 aromatic carbocycles. The summed E-state index contributed by atoms with van der Waals surface area (Å²) in [6, 6.07) is 21.6.